The smallest absolute Gasteiger partial charge is 0.00132 e. The third-order valence-electron chi connectivity index (χ3n) is 1.04. The van der Waals surface area contributed by atoms with Crippen molar-refractivity contribution in [2.24, 2.45) is 0 Å². The molecule has 0 nitrogen and oxygen atoms in total. The summed E-state index contributed by atoms with van der Waals surface area (Å²) in [5.41, 5.74) is 1.77. The molecule has 0 unspecified atom stereocenters. The molecule has 0 aliphatic rings. The Morgan fingerprint density at radius 1 is 1.00 bits per heavy atom. The van der Waals surface area contributed by atoms with E-state index in [1.165, 1.54) is 0 Å². The predicted octanol–water partition coefficient (Wildman–Crippen LogP) is 2.15. The van der Waals surface area contributed by atoms with Gasteiger partial charge in [0.25, 0.3) is 0 Å². The second-order valence-corrected chi connectivity index (χ2v) is 1.99. The lowest BCUT2D eigenvalue weighted by molar-refractivity contribution is 1.53. The van der Waals surface area contributed by atoms with Crippen molar-refractivity contribution in [3.63, 3.8) is 0 Å². The zero-order chi connectivity index (χ0) is 7.98. The third kappa shape index (κ3) is 3.58. The van der Waals surface area contributed by atoms with Gasteiger partial charge in [-0.25, -0.2) is 0 Å². The van der Waals surface area contributed by atoms with Gasteiger partial charge in [0.15, 0.2) is 0 Å². The Morgan fingerprint density at radius 2 is 1.30 bits per heavy atom. The van der Waals surface area contributed by atoms with Crippen molar-refractivity contribution < 1.29 is 0 Å². The highest BCUT2D eigenvalue weighted by Crippen LogP contribution is 1.94. The van der Waals surface area contributed by atoms with Gasteiger partial charge in [-0.05, 0) is 25.0 Å². The molecule has 0 saturated heterocycles. The van der Waals surface area contributed by atoms with Crippen LogP contribution in [0.15, 0.2) is 23.3 Å². The van der Waals surface area contributed by atoms with Crippen LogP contribution in [-0.2, 0) is 0 Å². The van der Waals surface area contributed by atoms with Gasteiger partial charge in [-0.3, -0.25) is 0 Å². The molecule has 0 aromatic rings. The minimum absolute atomic E-state index is 0.884. The third-order valence-corrected chi connectivity index (χ3v) is 1.04. The Bertz CT molecular complexity index is 210. The molecule has 0 N–H and O–H groups in total. The van der Waals surface area contributed by atoms with Crippen LogP contribution in [0.2, 0.25) is 0 Å². The van der Waals surface area contributed by atoms with Crippen molar-refractivity contribution in [3.8, 4) is 24.7 Å². The van der Waals surface area contributed by atoms with Gasteiger partial charge in [0.05, 0.1) is 0 Å². The summed E-state index contributed by atoms with van der Waals surface area (Å²) in [6.07, 6.45) is 13.9. The lowest BCUT2D eigenvalue weighted by Gasteiger charge is -1.83. The first-order chi connectivity index (χ1) is 4.70. The molecule has 0 aliphatic heterocycles. The van der Waals surface area contributed by atoms with Crippen LogP contribution < -0.4 is 0 Å². The van der Waals surface area contributed by atoms with E-state index in [1.54, 1.807) is 0 Å². The van der Waals surface area contributed by atoms with E-state index >= 15 is 0 Å². The molecule has 0 amide bonds. The highest BCUT2D eigenvalue weighted by molar-refractivity contribution is 5.33. The number of allylic oxidation sites excluding steroid dienone is 4. The minimum Gasteiger partial charge on any atom is -0.115 e. The molecule has 0 aromatic carbocycles. The van der Waals surface area contributed by atoms with Gasteiger partial charge in [-0.15, -0.1) is 12.8 Å². The average Bonchev–Trinajstić information content (AvgIpc) is 1.99. The Kier molecular flexibility index (Phi) is 3.85. The molecule has 0 rings (SSSR count). The summed E-state index contributed by atoms with van der Waals surface area (Å²) in [6, 6.07) is 0. The fourth-order valence-electron chi connectivity index (χ4n) is 0.346. The van der Waals surface area contributed by atoms with Crippen molar-refractivity contribution >= 4 is 0 Å². The van der Waals surface area contributed by atoms with E-state index in [4.69, 9.17) is 12.8 Å². The summed E-state index contributed by atoms with van der Waals surface area (Å²) in [5, 5.41) is 0. The van der Waals surface area contributed by atoms with Crippen LogP contribution in [-0.4, -0.2) is 0 Å². The maximum atomic E-state index is 5.10. The van der Waals surface area contributed by atoms with Crippen LogP contribution in [0.1, 0.15) is 13.8 Å². The first-order valence-electron chi connectivity index (χ1n) is 2.99. The summed E-state index contributed by atoms with van der Waals surface area (Å²) in [6.45, 7) is 3.72. The molecule has 0 spiro atoms. The second kappa shape index (κ2) is 4.48. The van der Waals surface area contributed by atoms with Gasteiger partial charge >= 0.3 is 0 Å². The Balaban J connectivity index is 4.25. The zero-order valence-corrected chi connectivity index (χ0v) is 6.31. The fraction of sp³-hybridized carbons (Fsp3) is 0.200. The summed E-state index contributed by atoms with van der Waals surface area (Å²) in [4.78, 5) is 0. The first kappa shape index (κ1) is 8.60. The molecule has 0 radical (unpaired) electrons. The van der Waals surface area contributed by atoms with Gasteiger partial charge < -0.3 is 0 Å². The second-order valence-electron chi connectivity index (χ2n) is 1.99. The summed E-state index contributed by atoms with van der Waals surface area (Å²) < 4.78 is 0. The zero-order valence-electron chi connectivity index (χ0n) is 6.31. The molecule has 0 atom stereocenters. The molecular weight excluding hydrogens is 120 g/mol. The Morgan fingerprint density at radius 3 is 1.50 bits per heavy atom. The average molecular weight is 130 g/mol. The van der Waals surface area contributed by atoms with E-state index in [1.807, 2.05) is 26.0 Å². The van der Waals surface area contributed by atoms with E-state index in [9.17, 15) is 0 Å². The van der Waals surface area contributed by atoms with E-state index < -0.39 is 0 Å². The van der Waals surface area contributed by atoms with Crippen LogP contribution in [0.25, 0.3) is 0 Å². The lowest BCUT2D eigenvalue weighted by Crippen LogP contribution is -1.67. The fourth-order valence-corrected chi connectivity index (χ4v) is 0.346. The van der Waals surface area contributed by atoms with Gasteiger partial charge in [0.2, 0.25) is 0 Å². The largest absolute Gasteiger partial charge is 0.115 e. The van der Waals surface area contributed by atoms with Crippen molar-refractivity contribution in [2.75, 3.05) is 0 Å². The standard InChI is InChI=1S/C10H10/c1-5-9(3)7-8-10(4)6-2/h1-2,7-8H,3-4H3/b9-7+,10-8+. The minimum atomic E-state index is 0.884. The number of terminal acetylenes is 2. The van der Waals surface area contributed by atoms with E-state index in [-0.39, 0.29) is 0 Å². The molecular formula is C10H10. The molecule has 10 heavy (non-hydrogen) atoms. The van der Waals surface area contributed by atoms with Crippen LogP contribution in [0.4, 0.5) is 0 Å². The number of hydrogen-bond acceptors (Lipinski definition) is 0. The molecule has 0 heterocycles. The topological polar surface area (TPSA) is 0 Å². The molecule has 0 saturated carbocycles. The van der Waals surface area contributed by atoms with Crippen LogP contribution in [0.3, 0.4) is 0 Å². The highest BCUT2D eigenvalue weighted by atomic mass is 13.8. The maximum absolute atomic E-state index is 5.10. The van der Waals surface area contributed by atoms with E-state index in [0.717, 1.165) is 11.1 Å². The first-order valence-corrected chi connectivity index (χ1v) is 2.99. The van der Waals surface area contributed by atoms with Crippen molar-refractivity contribution in [1.29, 1.82) is 0 Å². The maximum Gasteiger partial charge on any atom is -0.00132 e. The molecule has 0 fully saturated rings. The molecule has 0 aliphatic carbocycles. The molecule has 50 valence electrons. The number of hydrogen-bond donors (Lipinski definition) is 0. The highest BCUT2D eigenvalue weighted by Gasteiger charge is 1.77. The monoisotopic (exact) mass is 130 g/mol. The summed E-state index contributed by atoms with van der Waals surface area (Å²) in [7, 11) is 0. The van der Waals surface area contributed by atoms with Gasteiger partial charge in [0.1, 0.15) is 0 Å². The SMILES string of the molecule is C#C/C(C)=C/C=C(\C)C#C. The molecule has 0 bridgehead atoms. The van der Waals surface area contributed by atoms with Gasteiger partial charge in [-0.2, -0.15) is 0 Å². The summed E-state index contributed by atoms with van der Waals surface area (Å²) >= 11 is 0. The van der Waals surface area contributed by atoms with Crippen LogP contribution in [0, 0.1) is 24.7 Å². The Hall–Kier alpha value is -1.40. The van der Waals surface area contributed by atoms with Crippen molar-refractivity contribution in [2.45, 2.75) is 13.8 Å². The van der Waals surface area contributed by atoms with Crippen LogP contribution in [0.5, 0.6) is 0 Å². The lowest BCUT2D eigenvalue weighted by atomic mass is 10.2. The van der Waals surface area contributed by atoms with Crippen molar-refractivity contribution in [3.05, 3.63) is 23.3 Å². The van der Waals surface area contributed by atoms with Crippen molar-refractivity contribution in [1.82, 2.24) is 0 Å². The summed E-state index contributed by atoms with van der Waals surface area (Å²) in [5.74, 6) is 4.98. The van der Waals surface area contributed by atoms with Gasteiger partial charge in [0, 0.05) is 0 Å². The normalized spacial score (nSPS) is 12.0. The predicted molar refractivity (Wildman–Crippen MR) is 45.2 cm³/mol. The van der Waals surface area contributed by atoms with Crippen LogP contribution >= 0.6 is 0 Å². The quantitative estimate of drug-likeness (QED) is 0.377. The molecule has 0 aromatic heterocycles. The number of rotatable bonds is 1. The Labute approximate surface area is 62.6 Å². The van der Waals surface area contributed by atoms with E-state index in [0.29, 0.717) is 0 Å². The van der Waals surface area contributed by atoms with Gasteiger partial charge in [-0.1, -0.05) is 24.0 Å². The molecule has 0 heteroatoms. The van der Waals surface area contributed by atoms with E-state index in [2.05, 4.69) is 11.8 Å².